The summed E-state index contributed by atoms with van der Waals surface area (Å²) in [4.78, 5) is 14.5. The number of amides is 1. The normalized spacial score (nSPS) is 15.1. The molecule has 0 radical (unpaired) electrons. The van der Waals surface area contributed by atoms with Gasteiger partial charge in [-0.25, -0.2) is 4.68 Å². The van der Waals surface area contributed by atoms with Gasteiger partial charge >= 0.3 is 0 Å². The summed E-state index contributed by atoms with van der Waals surface area (Å²) in [7, 11) is 3.24. The summed E-state index contributed by atoms with van der Waals surface area (Å²) in [5.74, 6) is 1.59. The van der Waals surface area contributed by atoms with Crippen LogP contribution < -0.4 is 14.2 Å². The van der Waals surface area contributed by atoms with Crippen LogP contribution in [0.1, 0.15) is 10.5 Å². The second-order valence-corrected chi connectivity index (χ2v) is 6.51. The molecule has 7 nitrogen and oxygen atoms in total. The third kappa shape index (κ3) is 3.51. The number of carbonyl (C=O) groups excluding carboxylic acids is 1. The number of carbonyl (C=O) groups is 1. The number of methoxy groups -OCH3 is 1. The number of para-hydroxylation sites is 3. The Morgan fingerprint density at radius 1 is 1.18 bits per heavy atom. The Morgan fingerprint density at radius 2 is 1.89 bits per heavy atom. The van der Waals surface area contributed by atoms with Crippen LogP contribution in [-0.4, -0.2) is 54.0 Å². The van der Waals surface area contributed by atoms with E-state index in [0.29, 0.717) is 24.7 Å². The topological polar surface area (TPSA) is 65.8 Å². The summed E-state index contributed by atoms with van der Waals surface area (Å²) >= 11 is 0. The van der Waals surface area contributed by atoms with Gasteiger partial charge in [0.25, 0.3) is 5.91 Å². The molecule has 0 aliphatic carbocycles. The van der Waals surface area contributed by atoms with Gasteiger partial charge in [0.1, 0.15) is 6.61 Å². The first-order valence-electron chi connectivity index (χ1n) is 8.98. The number of hydrogen-bond donors (Lipinski definition) is 0. The molecular weight excluding hydrogens is 358 g/mol. The van der Waals surface area contributed by atoms with Gasteiger partial charge in [-0.05, 0) is 24.3 Å². The maximum atomic E-state index is 13.0. The fourth-order valence-electron chi connectivity index (χ4n) is 3.09. The second kappa shape index (κ2) is 7.64. The number of ether oxygens (including phenoxy) is 3. The van der Waals surface area contributed by atoms with E-state index in [1.165, 1.54) is 7.11 Å². The summed E-state index contributed by atoms with van der Waals surface area (Å²) in [5, 5.41) is 4.43. The molecule has 0 saturated carbocycles. The Balaban J connectivity index is 1.49. The summed E-state index contributed by atoms with van der Waals surface area (Å²) in [6, 6.07) is 17.1. The summed E-state index contributed by atoms with van der Waals surface area (Å²) in [5.41, 5.74) is 1.11. The van der Waals surface area contributed by atoms with Gasteiger partial charge < -0.3 is 19.1 Å². The van der Waals surface area contributed by atoms with Crippen molar-refractivity contribution in [2.24, 2.45) is 0 Å². The molecular formula is C21H21N3O4. The first-order chi connectivity index (χ1) is 13.7. The maximum Gasteiger partial charge on any atom is 0.278 e. The molecule has 0 unspecified atom stereocenters. The lowest BCUT2D eigenvalue weighted by atomic mass is 10.2. The largest absolute Gasteiger partial charge is 0.493 e. The summed E-state index contributed by atoms with van der Waals surface area (Å²) in [6.07, 6.45) is 1.44. The van der Waals surface area contributed by atoms with E-state index in [-0.39, 0.29) is 17.7 Å². The van der Waals surface area contributed by atoms with Crippen molar-refractivity contribution in [2.75, 3.05) is 27.3 Å². The van der Waals surface area contributed by atoms with Crippen LogP contribution in [0.3, 0.4) is 0 Å². The molecule has 0 saturated heterocycles. The minimum absolute atomic E-state index is 0.242. The van der Waals surface area contributed by atoms with E-state index in [9.17, 15) is 4.79 Å². The van der Waals surface area contributed by atoms with Crippen LogP contribution in [0.4, 0.5) is 0 Å². The van der Waals surface area contributed by atoms with Gasteiger partial charge in [-0.2, -0.15) is 5.10 Å². The fourth-order valence-corrected chi connectivity index (χ4v) is 3.09. The molecule has 1 atom stereocenters. The van der Waals surface area contributed by atoms with Crippen molar-refractivity contribution in [2.45, 2.75) is 6.10 Å². The summed E-state index contributed by atoms with van der Waals surface area (Å²) < 4.78 is 18.7. The lowest BCUT2D eigenvalue weighted by Crippen LogP contribution is -2.42. The average Bonchev–Trinajstić information content (AvgIpc) is 3.18. The van der Waals surface area contributed by atoms with E-state index < -0.39 is 0 Å². The number of fused-ring (bicyclic) bond motifs is 1. The van der Waals surface area contributed by atoms with E-state index in [1.807, 2.05) is 54.6 Å². The maximum absolute atomic E-state index is 13.0. The van der Waals surface area contributed by atoms with Crippen LogP contribution in [0.2, 0.25) is 0 Å². The summed E-state index contributed by atoms with van der Waals surface area (Å²) in [6.45, 7) is 0.749. The van der Waals surface area contributed by atoms with Gasteiger partial charge in [0.15, 0.2) is 29.0 Å². The van der Waals surface area contributed by atoms with Crippen molar-refractivity contribution in [1.29, 1.82) is 0 Å². The number of hydrogen-bond acceptors (Lipinski definition) is 5. The van der Waals surface area contributed by atoms with E-state index in [1.54, 1.807) is 22.8 Å². The molecule has 0 bridgehead atoms. The number of likely N-dealkylation sites (N-methyl/N-ethyl adjacent to an activating group) is 1. The van der Waals surface area contributed by atoms with Gasteiger partial charge in [-0.3, -0.25) is 4.79 Å². The highest BCUT2D eigenvalue weighted by atomic mass is 16.6. The minimum Gasteiger partial charge on any atom is -0.493 e. The predicted octanol–water partition coefficient (Wildman–Crippen LogP) is 2.79. The Kier molecular flexibility index (Phi) is 4.89. The Bertz CT molecular complexity index is 971. The fraction of sp³-hybridized carbons (Fsp3) is 0.238. The molecule has 7 heteroatoms. The van der Waals surface area contributed by atoms with Crippen LogP contribution in [-0.2, 0) is 0 Å². The van der Waals surface area contributed by atoms with Gasteiger partial charge in [0, 0.05) is 7.05 Å². The molecule has 0 spiro atoms. The molecule has 1 aliphatic heterocycles. The molecule has 28 heavy (non-hydrogen) atoms. The van der Waals surface area contributed by atoms with E-state index >= 15 is 0 Å². The Morgan fingerprint density at radius 3 is 2.64 bits per heavy atom. The number of aromatic nitrogens is 2. The van der Waals surface area contributed by atoms with Gasteiger partial charge in [-0.1, -0.05) is 30.3 Å². The molecule has 144 valence electrons. The van der Waals surface area contributed by atoms with Gasteiger partial charge in [-0.15, -0.1) is 0 Å². The van der Waals surface area contributed by atoms with Crippen molar-refractivity contribution in [3.8, 4) is 22.9 Å². The van der Waals surface area contributed by atoms with E-state index in [2.05, 4.69) is 5.10 Å². The monoisotopic (exact) mass is 379 g/mol. The zero-order valence-corrected chi connectivity index (χ0v) is 15.7. The number of rotatable bonds is 5. The highest BCUT2D eigenvalue weighted by Crippen LogP contribution is 2.31. The van der Waals surface area contributed by atoms with Crippen LogP contribution in [0.25, 0.3) is 5.69 Å². The predicted molar refractivity (Wildman–Crippen MR) is 103 cm³/mol. The second-order valence-electron chi connectivity index (χ2n) is 6.51. The van der Waals surface area contributed by atoms with Crippen LogP contribution in [0.5, 0.6) is 17.2 Å². The van der Waals surface area contributed by atoms with Crippen LogP contribution >= 0.6 is 0 Å². The lowest BCUT2D eigenvalue weighted by Gasteiger charge is -2.29. The number of nitrogens with zero attached hydrogens (tertiary/aromatic N) is 3. The van der Waals surface area contributed by atoms with Crippen LogP contribution in [0.15, 0.2) is 60.8 Å². The lowest BCUT2D eigenvalue weighted by molar-refractivity contribution is 0.0515. The van der Waals surface area contributed by atoms with Crippen molar-refractivity contribution in [3.05, 3.63) is 66.5 Å². The first kappa shape index (κ1) is 17.9. The van der Waals surface area contributed by atoms with Crippen molar-refractivity contribution < 1.29 is 19.0 Å². The number of benzene rings is 2. The van der Waals surface area contributed by atoms with Crippen molar-refractivity contribution in [1.82, 2.24) is 14.7 Å². The van der Waals surface area contributed by atoms with E-state index in [0.717, 1.165) is 11.4 Å². The third-order valence-electron chi connectivity index (χ3n) is 4.52. The van der Waals surface area contributed by atoms with Gasteiger partial charge in [0.05, 0.1) is 25.5 Å². The zero-order valence-electron chi connectivity index (χ0n) is 15.7. The quantitative estimate of drug-likeness (QED) is 0.682. The first-order valence-corrected chi connectivity index (χ1v) is 8.98. The molecule has 2 aromatic carbocycles. The average molecular weight is 379 g/mol. The molecule has 3 aromatic rings. The highest BCUT2D eigenvalue weighted by Gasteiger charge is 2.27. The van der Waals surface area contributed by atoms with Gasteiger partial charge in [0.2, 0.25) is 0 Å². The van der Waals surface area contributed by atoms with Crippen LogP contribution in [0, 0.1) is 0 Å². The molecule has 2 heterocycles. The van der Waals surface area contributed by atoms with Crippen molar-refractivity contribution >= 4 is 5.91 Å². The standard InChI is InChI=1S/C21H21N3O4/c1-23(12-16-14-27-17-10-6-7-11-18(17)28-16)21(25)20-19(26-2)13-24(22-20)15-8-4-3-5-9-15/h3-11,13,16H,12,14H2,1-2H3/t16-/m1/s1. The molecule has 1 aromatic heterocycles. The molecule has 0 fully saturated rings. The Labute approximate surface area is 163 Å². The third-order valence-corrected chi connectivity index (χ3v) is 4.52. The van der Waals surface area contributed by atoms with E-state index in [4.69, 9.17) is 14.2 Å². The highest BCUT2D eigenvalue weighted by molar-refractivity contribution is 5.94. The smallest absolute Gasteiger partial charge is 0.278 e. The molecule has 1 amide bonds. The minimum atomic E-state index is -0.258. The molecule has 1 aliphatic rings. The Hall–Kier alpha value is -3.48. The molecule has 4 rings (SSSR count). The SMILES string of the molecule is COc1cn(-c2ccccc2)nc1C(=O)N(C)C[C@@H]1COc2ccccc2O1. The zero-order chi connectivity index (χ0) is 19.5. The molecule has 0 N–H and O–H groups in total. The van der Waals surface area contributed by atoms with Crippen molar-refractivity contribution in [3.63, 3.8) is 0 Å².